The van der Waals surface area contributed by atoms with Gasteiger partial charge >= 0.3 is 0 Å². The predicted octanol–water partition coefficient (Wildman–Crippen LogP) is 1.69. The number of amides is 2. The summed E-state index contributed by atoms with van der Waals surface area (Å²) in [5, 5.41) is 12.4. The number of nitrogens with zero attached hydrogens (tertiary/aromatic N) is 1. The first kappa shape index (κ1) is 18.0. The van der Waals surface area contributed by atoms with Gasteiger partial charge in [-0.15, -0.1) is 0 Å². The first-order valence-corrected chi connectivity index (χ1v) is 8.02. The quantitative estimate of drug-likeness (QED) is 0.784. The monoisotopic (exact) mass is 298 g/mol. The van der Waals surface area contributed by atoms with E-state index in [0.717, 1.165) is 19.3 Å². The molecule has 1 rings (SSSR count). The lowest BCUT2D eigenvalue weighted by Crippen LogP contribution is -2.53. The lowest BCUT2D eigenvalue weighted by atomic mass is 9.87. The van der Waals surface area contributed by atoms with Gasteiger partial charge < -0.3 is 15.3 Å². The van der Waals surface area contributed by atoms with Crippen molar-refractivity contribution in [2.24, 2.45) is 5.41 Å². The van der Waals surface area contributed by atoms with E-state index >= 15 is 0 Å². The summed E-state index contributed by atoms with van der Waals surface area (Å²) in [5.41, 5.74) is -0.155. The summed E-state index contributed by atoms with van der Waals surface area (Å²) < 4.78 is 0. The Morgan fingerprint density at radius 2 is 2.05 bits per heavy atom. The number of rotatable bonds is 6. The Morgan fingerprint density at radius 1 is 1.38 bits per heavy atom. The number of hydrogen-bond acceptors (Lipinski definition) is 3. The summed E-state index contributed by atoms with van der Waals surface area (Å²) in [6, 6.07) is -0.325. The molecule has 1 aliphatic heterocycles. The summed E-state index contributed by atoms with van der Waals surface area (Å²) in [7, 11) is 0. The number of piperidine rings is 1. The molecule has 1 aliphatic rings. The Kier molecular flexibility index (Phi) is 6.65. The van der Waals surface area contributed by atoms with Crippen molar-refractivity contribution in [3.63, 3.8) is 0 Å². The Bertz CT molecular complexity index is 367. The van der Waals surface area contributed by atoms with Crippen molar-refractivity contribution in [1.82, 2.24) is 10.2 Å². The topological polar surface area (TPSA) is 69.6 Å². The molecule has 0 radical (unpaired) electrons. The Labute approximate surface area is 128 Å². The van der Waals surface area contributed by atoms with Gasteiger partial charge in [0.15, 0.2) is 0 Å². The zero-order chi connectivity index (χ0) is 16.0. The minimum absolute atomic E-state index is 0.0538. The number of hydrogen-bond donors (Lipinski definition) is 2. The van der Waals surface area contributed by atoms with Crippen LogP contribution in [-0.2, 0) is 9.59 Å². The van der Waals surface area contributed by atoms with Gasteiger partial charge in [0.2, 0.25) is 11.8 Å². The van der Waals surface area contributed by atoms with Gasteiger partial charge in [-0.05, 0) is 38.0 Å². The molecular weight excluding hydrogens is 268 g/mol. The van der Waals surface area contributed by atoms with Crippen molar-refractivity contribution in [3.05, 3.63) is 0 Å². The lowest BCUT2D eigenvalue weighted by molar-refractivity contribution is -0.142. The third-order valence-corrected chi connectivity index (χ3v) is 4.02. The van der Waals surface area contributed by atoms with Crippen molar-refractivity contribution in [2.45, 2.75) is 71.9 Å². The molecule has 0 saturated carbocycles. The molecule has 122 valence electrons. The summed E-state index contributed by atoms with van der Waals surface area (Å²) in [6.45, 7) is 8.83. The maximum Gasteiger partial charge on any atom is 0.242 e. The van der Waals surface area contributed by atoms with Crippen LogP contribution in [0.3, 0.4) is 0 Å². The number of aliphatic hydroxyl groups is 1. The molecule has 0 aromatic heterocycles. The van der Waals surface area contributed by atoms with Crippen molar-refractivity contribution in [2.75, 3.05) is 13.1 Å². The van der Waals surface area contributed by atoms with Gasteiger partial charge in [0.05, 0.1) is 6.10 Å². The van der Waals surface area contributed by atoms with Gasteiger partial charge in [0, 0.05) is 19.5 Å². The summed E-state index contributed by atoms with van der Waals surface area (Å²) in [4.78, 5) is 26.1. The average Bonchev–Trinajstić information content (AvgIpc) is 2.42. The van der Waals surface area contributed by atoms with E-state index in [-0.39, 0.29) is 29.4 Å². The average molecular weight is 298 g/mol. The zero-order valence-corrected chi connectivity index (χ0v) is 13.8. The molecule has 2 N–H and O–H groups in total. The van der Waals surface area contributed by atoms with E-state index in [0.29, 0.717) is 25.9 Å². The van der Waals surface area contributed by atoms with Crippen LogP contribution in [0.25, 0.3) is 0 Å². The molecule has 0 aromatic carbocycles. The lowest BCUT2D eigenvalue weighted by Gasteiger charge is -2.35. The summed E-state index contributed by atoms with van der Waals surface area (Å²) in [5.74, 6) is -0.00624. The number of aliphatic hydroxyl groups excluding tert-OH is 1. The minimum atomic E-state index is -0.384. The predicted molar refractivity (Wildman–Crippen MR) is 82.7 cm³/mol. The highest BCUT2D eigenvalue weighted by Crippen LogP contribution is 2.22. The molecule has 1 fully saturated rings. The van der Waals surface area contributed by atoms with Crippen molar-refractivity contribution in [3.8, 4) is 0 Å². The Morgan fingerprint density at radius 3 is 2.62 bits per heavy atom. The first-order valence-electron chi connectivity index (χ1n) is 8.02. The van der Waals surface area contributed by atoms with Gasteiger partial charge in [-0.2, -0.15) is 0 Å². The number of carbonyl (C=O) groups excluding carboxylic acids is 2. The normalized spacial score (nSPS) is 21.0. The molecule has 5 heteroatoms. The highest BCUT2D eigenvalue weighted by atomic mass is 16.3. The van der Waals surface area contributed by atoms with Crippen LogP contribution in [0.1, 0.15) is 59.8 Å². The summed E-state index contributed by atoms with van der Waals surface area (Å²) in [6.07, 6.45) is 3.40. The maximum absolute atomic E-state index is 12.4. The fraction of sp³-hybridized carbons (Fsp3) is 0.875. The fourth-order valence-electron chi connectivity index (χ4n) is 3.02. The minimum Gasteiger partial charge on any atom is -0.393 e. The van der Waals surface area contributed by atoms with Gasteiger partial charge in [-0.1, -0.05) is 20.8 Å². The van der Waals surface area contributed by atoms with Crippen LogP contribution in [0.5, 0.6) is 0 Å². The second-order valence-corrected chi connectivity index (χ2v) is 6.89. The Balaban J connectivity index is 2.58. The molecule has 2 unspecified atom stereocenters. The van der Waals surface area contributed by atoms with E-state index in [4.69, 9.17) is 0 Å². The second kappa shape index (κ2) is 7.78. The van der Waals surface area contributed by atoms with Crippen molar-refractivity contribution in [1.29, 1.82) is 0 Å². The van der Waals surface area contributed by atoms with E-state index in [1.165, 1.54) is 0 Å². The highest BCUT2D eigenvalue weighted by Gasteiger charge is 2.32. The van der Waals surface area contributed by atoms with Crippen LogP contribution in [0.4, 0.5) is 0 Å². The number of carbonyl (C=O) groups is 2. The van der Waals surface area contributed by atoms with Crippen LogP contribution in [0.2, 0.25) is 0 Å². The van der Waals surface area contributed by atoms with Crippen molar-refractivity contribution < 1.29 is 14.7 Å². The molecule has 0 bridgehead atoms. The molecule has 0 aliphatic carbocycles. The fourth-order valence-corrected chi connectivity index (χ4v) is 3.02. The molecule has 2 amide bonds. The molecule has 0 aromatic rings. The van der Waals surface area contributed by atoms with Crippen LogP contribution >= 0.6 is 0 Å². The first-order chi connectivity index (χ1) is 9.76. The molecule has 0 spiro atoms. The molecule has 2 atom stereocenters. The number of nitrogens with one attached hydrogen (secondary N) is 1. The molecule has 1 saturated heterocycles. The van der Waals surface area contributed by atoms with E-state index < -0.39 is 0 Å². The van der Waals surface area contributed by atoms with Gasteiger partial charge in [-0.25, -0.2) is 0 Å². The van der Waals surface area contributed by atoms with Gasteiger partial charge in [0.1, 0.15) is 6.04 Å². The standard InChI is InChI=1S/C16H30N2O3/c1-5-14(20)18-9-7-6-8-13(18)15(21)17-11-16(3,4)10-12(2)19/h12-13,19H,5-11H2,1-4H3,(H,17,21). The van der Waals surface area contributed by atoms with E-state index in [1.54, 1.807) is 11.8 Å². The summed E-state index contributed by atoms with van der Waals surface area (Å²) >= 11 is 0. The molecule has 1 heterocycles. The SMILES string of the molecule is CCC(=O)N1CCCCC1C(=O)NCC(C)(C)CC(C)O. The van der Waals surface area contributed by atoms with Crippen LogP contribution in [0, 0.1) is 5.41 Å². The zero-order valence-electron chi connectivity index (χ0n) is 13.8. The third-order valence-electron chi connectivity index (χ3n) is 4.02. The smallest absolute Gasteiger partial charge is 0.242 e. The van der Waals surface area contributed by atoms with E-state index in [1.807, 2.05) is 20.8 Å². The van der Waals surface area contributed by atoms with E-state index in [9.17, 15) is 14.7 Å². The Hall–Kier alpha value is -1.10. The van der Waals surface area contributed by atoms with Crippen LogP contribution in [-0.4, -0.2) is 47.1 Å². The molecule has 5 nitrogen and oxygen atoms in total. The largest absolute Gasteiger partial charge is 0.393 e. The molecule has 21 heavy (non-hydrogen) atoms. The van der Waals surface area contributed by atoms with Gasteiger partial charge in [-0.3, -0.25) is 9.59 Å². The van der Waals surface area contributed by atoms with Crippen LogP contribution < -0.4 is 5.32 Å². The number of likely N-dealkylation sites (tertiary alicyclic amines) is 1. The second-order valence-electron chi connectivity index (χ2n) is 6.89. The van der Waals surface area contributed by atoms with E-state index in [2.05, 4.69) is 5.32 Å². The third kappa shape index (κ3) is 5.65. The highest BCUT2D eigenvalue weighted by molar-refractivity contribution is 5.87. The van der Waals surface area contributed by atoms with Crippen molar-refractivity contribution >= 4 is 11.8 Å². The molecular formula is C16H30N2O3. The maximum atomic E-state index is 12.4. The van der Waals surface area contributed by atoms with Crippen LogP contribution in [0.15, 0.2) is 0 Å². The van der Waals surface area contributed by atoms with Gasteiger partial charge in [0.25, 0.3) is 0 Å².